The molecular weight excluding hydrogens is 232 g/mol. The van der Waals surface area contributed by atoms with E-state index in [1.54, 1.807) is 0 Å². The first kappa shape index (κ1) is 13.9. The van der Waals surface area contributed by atoms with Gasteiger partial charge in [-0.2, -0.15) is 0 Å². The Hall–Kier alpha value is -1.57. The van der Waals surface area contributed by atoms with Crippen molar-refractivity contribution in [2.75, 3.05) is 11.9 Å². The number of rotatable bonds is 6. The summed E-state index contributed by atoms with van der Waals surface area (Å²) in [5.74, 6) is 1.84. The highest BCUT2D eigenvalue weighted by molar-refractivity contribution is 5.81. The smallest absolute Gasteiger partial charge is 0.129 e. The maximum Gasteiger partial charge on any atom is 0.129 e. The van der Waals surface area contributed by atoms with Crippen molar-refractivity contribution in [2.24, 2.45) is 5.92 Å². The minimum Gasteiger partial charge on any atom is -0.370 e. The number of aromatic nitrogens is 1. The molecule has 2 nitrogen and oxygen atoms in total. The Morgan fingerprint density at radius 2 is 1.95 bits per heavy atom. The van der Waals surface area contributed by atoms with E-state index >= 15 is 0 Å². The van der Waals surface area contributed by atoms with Crippen LogP contribution in [0.2, 0.25) is 0 Å². The topological polar surface area (TPSA) is 24.9 Å². The Morgan fingerprint density at radius 3 is 2.74 bits per heavy atom. The molecule has 0 saturated carbocycles. The lowest BCUT2D eigenvalue weighted by Gasteiger charge is -2.10. The maximum atomic E-state index is 4.70. The van der Waals surface area contributed by atoms with E-state index in [-0.39, 0.29) is 0 Å². The predicted molar refractivity (Wildman–Crippen MR) is 83.7 cm³/mol. The molecule has 0 fully saturated rings. The van der Waals surface area contributed by atoms with E-state index in [2.05, 4.69) is 50.4 Å². The summed E-state index contributed by atoms with van der Waals surface area (Å²) in [4.78, 5) is 4.70. The van der Waals surface area contributed by atoms with Crippen LogP contribution in [-0.2, 0) is 0 Å². The average molecular weight is 256 g/mol. The van der Waals surface area contributed by atoms with Crippen LogP contribution in [0, 0.1) is 12.8 Å². The highest BCUT2D eigenvalue weighted by Crippen LogP contribution is 2.19. The van der Waals surface area contributed by atoms with Crippen molar-refractivity contribution in [3.8, 4) is 0 Å². The molecule has 2 rings (SSSR count). The molecule has 2 heteroatoms. The van der Waals surface area contributed by atoms with Crippen molar-refractivity contribution < 1.29 is 0 Å². The van der Waals surface area contributed by atoms with Crippen molar-refractivity contribution in [1.29, 1.82) is 0 Å². The van der Waals surface area contributed by atoms with E-state index in [0.29, 0.717) is 0 Å². The molecule has 0 aliphatic carbocycles. The van der Waals surface area contributed by atoms with Gasteiger partial charge in [0.25, 0.3) is 0 Å². The van der Waals surface area contributed by atoms with Crippen LogP contribution >= 0.6 is 0 Å². The number of unbranched alkanes of at least 4 members (excludes halogenated alkanes) is 1. The molecule has 1 aromatic carbocycles. The predicted octanol–water partition coefficient (Wildman–Crippen LogP) is 4.78. The van der Waals surface area contributed by atoms with Gasteiger partial charge in [0.1, 0.15) is 5.82 Å². The van der Waals surface area contributed by atoms with Crippen molar-refractivity contribution >= 4 is 16.7 Å². The van der Waals surface area contributed by atoms with Gasteiger partial charge in [0.05, 0.1) is 5.52 Å². The monoisotopic (exact) mass is 256 g/mol. The normalized spacial score (nSPS) is 11.2. The van der Waals surface area contributed by atoms with Crippen LogP contribution in [-0.4, -0.2) is 11.5 Å². The van der Waals surface area contributed by atoms with Gasteiger partial charge in [-0.05, 0) is 37.0 Å². The summed E-state index contributed by atoms with van der Waals surface area (Å²) >= 11 is 0. The van der Waals surface area contributed by atoms with Gasteiger partial charge in [0, 0.05) is 11.9 Å². The molecule has 0 aliphatic heterocycles. The Kier molecular flexibility index (Phi) is 4.78. The lowest BCUT2D eigenvalue weighted by Crippen LogP contribution is -2.05. The zero-order valence-electron chi connectivity index (χ0n) is 12.2. The van der Waals surface area contributed by atoms with Gasteiger partial charge in [-0.3, -0.25) is 0 Å². The van der Waals surface area contributed by atoms with E-state index < -0.39 is 0 Å². The molecule has 102 valence electrons. The lowest BCUT2D eigenvalue weighted by molar-refractivity contribution is 0.544. The van der Waals surface area contributed by atoms with Gasteiger partial charge in [0.2, 0.25) is 0 Å². The molecule has 0 spiro atoms. The molecule has 0 amide bonds. The SMILES string of the molecule is Cc1cc2ccccc2nc1NCCCCC(C)C. The summed E-state index contributed by atoms with van der Waals surface area (Å²) in [6, 6.07) is 10.5. The molecule has 0 atom stereocenters. The summed E-state index contributed by atoms with van der Waals surface area (Å²) < 4.78 is 0. The molecule has 2 aromatic rings. The van der Waals surface area contributed by atoms with E-state index in [4.69, 9.17) is 4.98 Å². The third-order valence-electron chi connectivity index (χ3n) is 3.42. The Balaban J connectivity index is 1.95. The van der Waals surface area contributed by atoms with Gasteiger partial charge in [-0.1, -0.05) is 44.9 Å². The third kappa shape index (κ3) is 3.95. The van der Waals surface area contributed by atoms with E-state index in [1.165, 1.54) is 30.2 Å². The van der Waals surface area contributed by atoms with Crippen LogP contribution in [0.25, 0.3) is 10.9 Å². The van der Waals surface area contributed by atoms with Crippen LogP contribution in [0.4, 0.5) is 5.82 Å². The minimum atomic E-state index is 0.806. The first-order valence-corrected chi connectivity index (χ1v) is 7.27. The minimum absolute atomic E-state index is 0.806. The van der Waals surface area contributed by atoms with Gasteiger partial charge >= 0.3 is 0 Å². The molecule has 0 bridgehead atoms. The standard InChI is InChI=1S/C17H24N2/c1-13(2)8-6-7-11-18-17-14(3)12-15-9-4-5-10-16(15)19-17/h4-5,9-10,12-13H,6-8,11H2,1-3H3,(H,18,19). The Bertz CT molecular complexity index is 532. The zero-order valence-corrected chi connectivity index (χ0v) is 12.2. The number of pyridine rings is 1. The molecule has 0 saturated heterocycles. The second-order valence-corrected chi connectivity index (χ2v) is 5.66. The molecule has 1 aromatic heterocycles. The molecule has 19 heavy (non-hydrogen) atoms. The van der Waals surface area contributed by atoms with Crippen LogP contribution in [0.3, 0.4) is 0 Å². The van der Waals surface area contributed by atoms with Crippen LogP contribution in [0.15, 0.2) is 30.3 Å². The number of anilines is 1. The van der Waals surface area contributed by atoms with Gasteiger partial charge in [-0.15, -0.1) is 0 Å². The number of hydrogen-bond acceptors (Lipinski definition) is 2. The van der Waals surface area contributed by atoms with Crippen molar-refractivity contribution in [3.63, 3.8) is 0 Å². The largest absolute Gasteiger partial charge is 0.370 e. The number of nitrogens with zero attached hydrogens (tertiary/aromatic N) is 1. The number of fused-ring (bicyclic) bond motifs is 1. The maximum absolute atomic E-state index is 4.70. The molecule has 0 aliphatic rings. The summed E-state index contributed by atoms with van der Waals surface area (Å²) in [6.45, 7) is 7.69. The lowest BCUT2D eigenvalue weighted by atomic mass is 10.1. The Morgan fingerprint density at radius 1 is 1.16 bits per heavy atom. The molecule has 1 N–H and O–H groups in total. The fraction of sp³-hybridized carbons (Fsp3) is 0.471. The average Bonchev–Trinajstić information content (AvgIpc) is 2.38. The molecule has 1 heterocycles. The van der Waals surface area contributed by atoms with Crippen molar-refractivity contribution in [1.82, 2.24) is 4.98 Å². The van der Waals surface area contributed by atoms with Crippen LogP contribution < -0.4 is 5.32 Å². The summed E-state index contributed by atoms with van der Waals surface area (Å²) in [5.41, 5.74) is 2.29. The summed E-state index contributed by atoms with van der Waals surface area (Å²) in [6.07, 6.45) is 3.81. The van der Waals surface area contributed by atoms with Gasteiger partial charge in [-0.25, -0.2) is 4.98 Å². The van der Waals surface area contributed by atoms with Crippen LogP contribution in [0.1, 0.15) is 38.7 Å². The molecular formula is C17H24N2. The fourth-order valence-corrected chi connectivity index (χ4v) is 2.28. The summed E-state index contributed by atoms with van der Waals surface area (Å²) in [7, 11) is 0. The third-order valence-corrected chi connectivity index (χ3v) is 3.42. The van der Waals surface area contributed by atoms with Crippen LogP contribution in [0.5, 0.6) is 0 Å². The zero-order chi connectivity index (χ0) is 13.7. The molecule has 0 unspecified atom stereocenters. The second kappa shape index (κ2) is 6.55. The number of aryl methyl sites for hydroxylation is 1. The Labute approximate surface area is 116 Å². The number of nitrogens with one attached hydrogen (secondary N) is 1. The van der Waals surface area contributed by atoms with Gasteiger partial charge < -0.3 is 5.32 Å². The van der Waals surface area contributed by atoms with E-state index in [0.717, 1.165) is 23.8 Å². The van der Waals surface area contributed by atoms with Gasteiger partial charge in [0.15, 0.2) is 0 Å². The number of para-hydroxylation sites is 1. The first-order valence-electron chi connectivity index (χ1n) is 7.27. The van der Waals surface area contributed by atoms with Crippen molar-refractivity contribution in [3.05, 3.63) is 35.9 Å². The van der Waals surface area contributed by atoms with E-state index in [1.807, 2.05) is 6.07 Å². The summed E-state index contributed by atoms with van der Waals surface area (Å²) in [5, 5.41) is 4.68. The fourth-order valence-electron chi connectivity index (χ4n) is 2.28. The van der Waals surface area contributed by atoms with Crippen molar-refractivity contribution in [2.45, 2.75) is 40.0 Å². The highest BCUT2D eigenvalue weighted by Gasteiger charge is 2.02. The van der Waals surface area contributed by atoms with E-state index in [9.17, 15) is 0 Å². The number of benzene rings is 1. The highest BCUT2D eigenvalue weighted by atomic mass is 15.0. The second-order valence-electron chi connectivity index (χ2n) is 5.66. The quantitative estimate of drug-likeness (QED) is 0.752. The number of hydrogen-bond donors (Lipinski definition) is 1. The first-order chi connectivity index (χ1) is 9.16. The molecule has 0 radical (unpaired) electrons.